The molecule has 1 amide bonds. The van der Waals surface area contributed by atoms with E-state index in [4.69, 9.17) is 16.3 Å². The van der Waals surface area contributed by atoms with Gasteiger partial charge in [-0.2, -0.15) is 0 Å². The molecule has 0 unspecified atom stereocenters. The number of benzene rings is 2. The molecule has 2 aromatic rings. The van der Waals surface area contributed by atoms with E-state index in [0.717, 1.165) is 6.07 Å². The van der Waals surface area contributed by atoms with Gasteiger partial charge in [0.25, 0.3) is 11.6 Å². The van der Waals surface area contributed by atoms with Crippen LogP contribution >= 0.6 is 11.6 Å². The smallest absolute Gasteiger partial charge is 0.270 e. The zero-order valence-electron chi connectivity index (χ0n) is 12.6. The van der Waals surface area contributed by atoms with Crippen LogP contribution in [0.4, 0.5) is 11.4 Å². The van der Waals surface area contributed by atoms with Crippen molar-refractivity contribution in [3.05, 3.63) is 63.2 Å². The van der Waals surface area contributed by atoms with E-state index in [1.807, 2.05) is 13.8 Å². The van der Waals surface area contributed by atoms with Crippen LogP contribution in [0.5, 0.6) is 5.75 Å². The fraction of sp³-hybridized carbons (Fsp3) is 0.188. The number of nitrogens with zero attached hydrogens (tertiary/aromatic N) is 1. The summed E-state index contributed by atoms with van der Waals surface area (Å²) in [6, 6.07) is 10.6. The summed E-state index contributed by atoms with van der Waals surface area (Å²) in [4.78, 5) is 22.5. The fourth-order valence-corrected chi connectivity index (χ4v) is 2.12. The van der Waals surface area contributed by atoms with Crippen molar-refractivity contribution in [1.29, 1.82) is 0 Å². The molecule has 0 aliphatic rings. The molecule has 2 aromatic carbocycles. The lowest BCUT2D eigenvalue weighted by Gasteiger charge is -2.12. The second-order valence-electron chi connectivity index (χ2n) is 5.07. The van der Waals surface area contributed by atoms with Crippen molar-refractivity contribution in [1.82, 2.24) is 0 Å². The molecule has 6 nitrogen and oxygen atoms in total. The van der Waals surface area contributed by atoms with Gasteiger partial charge in [-0.05, 0) is 32.0 Å². The topological polar surface area (TPSA) is 81.5 Å². The summed E-state index contributed by atoms with van der Waals surface area (Å²) < 4.78 is 5.55. The van der Waals surface area contributed by atoms with E-state index in [0.29, 0.717) is 11.4 Å². The minimum atomic E-state index is -0.579. The Morgan fingerprint density at radius 2 is 2.00 bits per heavy atom. The predicted molar refractivity (Wildman–Crippen MR) is 88.3 cm³/mol. The maximum absolute atomic E-state index is 12.3. The first kappa shape index (κ1) is 16.8. The number of nitro benzene ring substituents is 1. The van der Waals surface area contributed by atoms with E-state index in [9.17, 15) is 14.9 Å². The molecule has 0 atom stereocenters. The highest BCUT2D eigenvalue weighted by Gasteiger charge is 2.16. The van der Waals surface area contributed by atoms with Crippen LogP contribution < -0.4 is 10.1 Å². The number of rotatable bonds is 5. The van der Waals surface area contributed by atoms with Gasteiger partial charge in [0.1, 0.15) is 5.75 Å². The summed E-state index contributed by atoms with van der Waals surface area (Å²) in [7, 11) is 0. The highest BCUT2D eigenvalue weighted by atomic mass is 35.5. The number of ether oxygens (including phenoxy) is 1. The monoisotopic (exact) mass is 334 g/mol. The van der Waals surface area contributed by atoms with Crippen LogP contribution in [0, 0.1) is 10.1 Å². The van der Waals surface area contributed by atoms with Crippen molar-refractivity contribution >= 4 is 28.9 Å². The average Bonchev–Trinajstić information content (AvgIpc) is 2.46. The molecule has 0 bridgehead atoms. The maximum atomic E-state index is 12.3. The van der Waals surface area contributed by atoms with Gasteiger partial charge >= 0.3 is 0 Å². The van der Waals surface area contributed by atoms with Crippen LogP contribution in [0.25, 0.3) is 0 Å². The van der Waals surface area contributed by atoms with Crippen LogP contribution in [0.3, 0.4) is 0 Å². The van der Waals surface area contributed by atoms with Crippen LogP contribution in [0.2, 0.25) is 5.02 Å². The molecule has 23 heavy (non-hydrogen) atoms. The van der Waals surface area contributed by atoms with E-state index in [-0.39, 0.29) is 22.4 Å². The van der Waals surface area contributed by atoms with Gasteiger partial charge in [-0.15, -0.1) is 0 Å². The Kier molecular flexibility index (Phi) is 5.18. The molecule has 1 N–H and O–H groups in total. The van der Waals surface area contributed by atoms with Crippen molar-refractivity contribution < 1.29 is 14.5 Å². The molecular weight excluding hydrogens is 320 g/mol. The lowest BCUT2D eigenvalue weighted by atomic mass is 10.2. The molecule has 0 radical (unpaired) electrons. The number of non-ortho nitro benzene ring substituents is 1. The van der Waals surface area contributed by atoms with Crippen LogP contribution in [0.1, 0.15) is 24.2 Å². The third kappa shape index (κ3) is 4.43. The number of carbonyl (C=O) groups is 1. The number of hydrogen-bond acceptors (Lipinski definition) is 4. The van der Waals surface area contributed by atoms with Gasteiger partial charge in [-0.1, -0.05) is 17.7 Å². The Morgan fingerprint density at radius 1 is 1.26 bits per heavy atom. The number of anilines is 1. The molecule has 0 aliphatic heterocycles. The van der Waals surface area contributed by atoms with Gasteiger partial charge in [-0.3, -0.25) is 14.9 Å². The molecular formula is C16H15ClN2O4. The molecule has 0 heterocycles. The Hall–Kier alpha value is -2.60. The lowest BCUT2D eigenvalue weighted by Crippen LogP contribution is -2.13. The largest absolute Gasteiger partial charge is 0.491 e. The number of nitro groups is 1. The van der Waals surface area contributed by atoms with Gasteiger partial charge in [0, 0.05) is 23.9 Å². The molecule has 0 saturated heterocycles. The second kappa shape index (κ2) is 7.11. The fourth-order valence-electron chi connectivity index (χ4n) is 1.92. The summed E-state index contributed by atoms with van der Waals surface area (Å²) in [6.45, 7) is 3.79. The third-order valence-corrected chi connectivity index (χ3v) is 3.20. The summed E-state index contributed by atoms with van der Waals surface area (Å²) in [5.41, 5.74) is 0.350. The highest BCUT2D eigenvalue weighted by Crippen LogP contribution is 2.24. The first-order valence-corrected chi connectivity index (χ1v) is 7.26. The number of hydrogen-bond donors (Lipinski definition) is 1. The van der Waals surface area contributed by atoms with Gasteiger partial charge in [0.15, 0.2) is 0 Å². The first-order chi connectivity index (χ1) is 10.9. The summed E-state index contributed by atoms with van der Waals surface area (Å²) in [6.07, 6.45) is 0.00664. The molecule has 7 heteroatoms. The van der Waals surface area contributed by atoms with Gasteiger partial charge in [0.05, 0.1) is 21.6 Å². The number of halogens is 1. The predicted octanol–water partition coefficient (Wildman–Crippen LogP) is 4.29. The van der Waals surface area contributed by atoms with Crippen molar-refractivity contribution in [2.24, 2.45) is 0 Å². The third-order valence-electron chi connectivity index (χ3n) is 2.87. The van der Waals surface area contributed by atoms with Gasteiger partial charge in [-0.25, -0.2) is 0 Å². The van der Waals surface area contributed by atoms with E-state index < -0.39 is 10.8 Å². The van der Waals surface area contributed by atoms with Crippen LogP contribution in [-0.4, -0.2) is 16.9 Å². The van der Waals surface area contributed by atoms with Crippen LogP contribution in [-0.2, 0) is 0 Å². The van der Waals surface area contributed by atoms with Crippen molar-refractivity contribution in [3.8, 4) is 5.75 Å². The number of carbonyl (C=O) groups excluding carboxylic acids is 1. The maximum Gasteiger partial charge on any atom is 0.270 e. The van der Waals surface area contributed by atoms with E-state index in [1.165, 1.54) is 12.1 Å². The quantitative estimate of drug-likeness (QED) is 0.653. The average molecular weight is 335 g/mol. The Bertz CT molecular complexity index is 747. The highest BCUT2D eigenvalue weighted by molar-refractivity contribution is 6.34. The normalized spacial score (nSPS) is 10.4. The molecule has 0 aromatic heterocycles. The number of amides is 1. The Morgan fingerprint density at radius 3 is 2.65 bits per heavy atom. The standard InChI is InChI=1S/C16H15ClN2O4/c1-10(2)23-13-5-3-4-11(8-13)18-16(20)14-9-12(19(21)22)6-7-15(14)17/h3-10H,1-2H3,(H,18,20). The van der Waals surface area contributed by atoms with Crippen molar-refractivity contribution in [2.45, 2.75) is 20.0 Å². The van der Waals surface area contributed by atoms with Crippen molar-refractivity contribution in [2.75, 3.05) is 5.32 Å². The molecule has 2 rings (SSSR count). The minimum Gasteiger partial charge on any atom is -0.491 e. The Labute approximate surface area is 138 Å². The van der Waals surface area contributed by atoms with Crippen molar-refractivity contribution in [3.63, 3.8) is 0 Å². The van der Waals surface area contributed by atoms with E-state index in [1.54, 1.807) is 24.3 Å². The summed E-state index contributed by atoms with van der Waals surface area (Å²) in [5, 5.41) is 13.6. The first-order valence-electron chi connectivity index (χ1n) is 6.89. The minimum absolute atomic E-state index is 0.00664. The molecule has 0 saturated carbocycles. The SMILES string of the molecule is CC(C)Oc1cccc(NC(=O)c2cc([N+](=O)[O-])ccc2Cl)c1. The zero-order chi connectivity index (χ0) is 17.0. The second-order valence-corrected chi connectivity index (χ2v) is 5.48. The van der Waals surface area contributed by atoms with Gasteiger partial charge in [0.2, 0.25) is 0 Å². The molecule has 0 spiro atoms. The summed E-state index contributed by atoms with van der Waals surface area (Å²) >= 11 is 5.95. The van der Waals surface area contributed by atoms with Gasteiger partial charge < -0.3 is 10.1 Å². The van der Waals surface area contributed by atoms with Crippen LogP contribution in [0.15, 0.2) is 42.5 Å². The summed E-state index contributed by atoms with van der Waals surface area (Å²) in [5.74, 6) is 0.0864. The lowest BCUT2D eigenvalue weighted by molar-refractivity contribution is -0.384. The molecule has 0 aliphatic carbocycles. The number of nitrogens with one attached hydrogen (secondary N) is 1. The molecule has 0 fully saturated rings. The zero-order valence-corrected chi connectivity index (χ0v) is 13.3. The van der Waals surface area contributed by atoms with E-state index >= 15 is 0 Å². The van der Waals surface area contributed by atoms with E-state index in [2.05, 4.69) is 5.32 Å². The molecule has 120 valence electrons. The Balaban J connectivity index is 2.22.